The summed E-state index contributed by atoms with van der Waals surface area (Å²) in [5.74, 6) is 0.506. The average molecular weight is 392 g/mol. The van der Waals surface area contributed by atoms with Crippen molar-refractivity contribution in [1.82, 2.24) is 15.1 Å². The van der Waals surface area contributed by atoms with E-state index in [0.717, 1.165) is 25.7 Å². The van der Waals surface area contributed by atoms with E-state index in [0.29, 0.717) is 51.5 Å². The molecule has 0 radical (unpaired) electrons. The van der Waals surface area contributed by atoms with Gasteiger partial charge in [-0.2, -0.15) is 13.2 Å². The molecule has 2 fully saturated rings. The summed E-state index contributed by atoms with van der Waals surface area (Å²) in [5, 5.41) is 3.19. The molecule has 1 atom stereocenters. The second-order valence-electron chi connectivity index (χ2n) is 7.21. The number of ether oxygens (including phenoxy) is 1. The zero-order valence-corrected chi connectivity index (χ0v) is 16.2. The van der Waals surface area contributed by atoms with Crippen molar-refractivity contribution in [3.63, 3.8) is 0 Å². The second-order valence-corrected chi connectivity index (χ2v) is 7.21. The van der Waals surface area contributed by atoms with E-state index in [4.69, 9.17) is 4.74 Å². The first-order valence-corrected chi connectivity index (χ1v) is 9.77. The van der Waals surface area contributed by atoms with Crippen LogP contribution in [0, 0.1) is 0 Å². The summed E-state index contributed by atoms with van der Waals surface area (Å²) < 4.78 is 43.9. The first-order chi connectivity index (χ1) is 12.8. The fourth-order valence-corrected chi connectivity index (χ4v) is 3.54. The molecule has 0 aromatic rings. The number of halogens is 3. The summed E-state index contributed by atoms with van der Waals surface area (Å²) in [6.45, 7) is 3.44. The van der Waals surface area contributed by atoms with E-state index in [9.17, 15) is 18.0 Å². The van der Waals surface area contributed by atoms with Gasteiger partial charge in [0.2, 0.25) is 0 Å². The lowest BCUT2D eigenvalue weighted by molar-refractivity contribution is -0.181. The summed E-state index contributed by atoms with van der Waals surface area (Å²) in [5.41, 5.74) is 0. The Morgan fingerprint density at radius 2 is 1.85 bits per heavy atom. The van der Waals surface area contributed by atoms with Crippen LogP contribution in [0.5, 0.6) is 0 Å². The Balaban J connectivity index is 1.65. The Hall–Kier alpha value is -1.51. The average Bonchev–Trinajstić information content (AvgIpc) is 3.13. The van der Waals surface area contributed by atoms with Crippen LogP contribution in [0.25, 0.3) is 0 Å². The van der Waals surface area contributed by atoms with Gasteiger partial charge in [-0.05, 0) is 39.0 Å². The minimum absolute atomic E-state index is 0.0913. The molecule has 0 aromatic carbocycles. The van der Waals surface area contributed by atoms with Crippen molar-refractivity contribution in [1.29, 1.82) is 0 Å². The molecule has 2 aliphatic rings. The van der Waals surface area contributed by atoms with E-state index in [1.54, 1.807) is 7.05 Å². The van der Waals surface area contributed by atoms with Crippen LogP contribution in [0.4, 0.5) is 13.2 Å². The molecule has 0 bridgehead atoms. The third-order valence-corrected chi connectivity index (χ3v) is 5.29. The van der Waals surface area contributed by atoms with Gasteiger partial charge in [0.15, 0.2) is 5.96 Å². The fourth-order valence-electron chi connectivity index (χ4n) is 3.54. The Kier molecular flexibility index (Phi) is 8.19. The molecule has 2 rings (SSSR count). The number of hydrogen-bond acceptors (Lipinski definition) is 4. The van der Waals surface area contributed by atoms with Gasteiger partial charge in [0.25, 0.3) is 0 Å². The number of nitrogens with one attached hydrogen (secondary N) is 1. The summed E-state index contributed by atoms with van der Waals surface area (Å²) in [6, 6.07) is -1.43. The molecule has 1 N–H and O–H groups in total. The number of hydrogen-bond donors (Lipinski definition) is 1. The van der Waals surface area contributed by atoms with Crippen LogP contribution in [0.2, 0.25) is 0 Å². The van der Waals surface area contributed by atoms with Gasteiger partial charge in [-0.15, -0.1) is 0 Å². The minimum atomic E-state index is -4.20. The maximum absolute atomic E-state index is 12.8. The van der Waals surface area contributed by atoms with Crippen LogP contribution in [0.1, 0.15) is 45.4 Å². The maximum Gasteiger partial charge on any atom is 0.403 e. The lowest BCUT2D eigenvalue weighted by Crippen LogP contribution is -2.56. The summed E-state index contributed by atoms with van der Waals surface area (Å²) >= 11 is 0. The lowest BCUT2D eigenvalue weighted by atomic mass is 10.2. The summed E-state index contributed by atoms with van der Waals surface area (Å²) in [4.78, 5) is 19.4. The number of piperazine rings is 1. The van der Waals surface area contributed by atoms with Crippen LogP contribution >= 0.6 is 0 Å². The van der Waals surface area contributed by atoms with Crippen molar-refractivity contribution in [2.45, 2.75) is 63.8 Å². The van der Waals surface area contributed by atoms with Gasteiger partial charge in [-0.25, -0.2) is 0 Å². The van der Waals surface area contributed by atoms with Gasteiger partial charge in [0, 0.05) is 46.2 Å². The highest BCUT2D eigenvalue weighted by atomic mass is 19.4. The number of rotatable bonds is 6. The number of aliphatic imine (C=N–C) groups is 1. The van der Waals surface area contributed by atoms with Gasteiger partial charge < -0.3 is 15.0 Å². The minimum Gasteiger partial charge on any atom is -0.462 e. The van der Waals surface area contributed by atoms with Crippen LogP contribution in [-0.4, -0.2) is 79.8 Å². The predicted molar refractivity (Wildman–Crippen MR) is 97.6 cm³/mol. The molecule has 0 amide bonds. The van der Waals surface area contributed by atoms with Gasteiger partial charge in [0.05, 0.1) is 0 Å². The first kappa shape index (κ1) is 21.8. The van der Waals surface area contributed by atoms with Crippen LogP contribution in [0.15, 0.2) is 4.99 Å². The topological polar surface area (TPSA) is 57.2 Å². The van der Waals surface area contributed by atoms with E-state index in [1.807, 2.05) is 4.90 Å². The first-order valence-electron chi connectivity index (χ1n) is 9.77. The van der Waals surface area contributed by atoms with Gasteiger partial charge in [-0.1, -0.05) is 0 Å². The molecular weight excluding hydrogens is 361 g/mol. The lowest BCUT2D eigenvalue weighted by Gasteiger charge is -2.39. The highest BCUT2D eigenvalue weighted by Crippen LogP contribution is 2.25. The molecule has 0 spiro atoms. The zero-order valence-electron chi connectivity index (χ0n) is 16.2. The molecule has 9 heteroatoms. The smallest absolute Gasteiger partial charge is 0.403 e. The van der Waals surface area contributed by atoms with E-state index in [2.05, 4.69) is 10.3 Å². The van der Waals surface area contributed by atoms with Gasteiger partial charge >= 0.3 is 12.1 Å². The van der Waals surface area contributed by atoms with Crippen molar-refractivity contribution >= 4 is 11.9 Å². The Morgan fingerprint density at radius 1 is 1.22 bits per heavy atom. The zero-order chi connectivity index (χ0) is 19.9. The van der Waals surface area contributed by atoms with E-state index < -0.39 is 12.2 Å². The molecule has 6 nitrogen and oxygen atoms in total. The van der Waals surface area contributed by atoms with Crippen LogP contribution < -0.4 is 5.32 Å². The number of nitrogens with zero attached hydrogens (tertiary/aromatic N) is 3. The van der Waals surface area contributed by atoms with Crippen molar-refractivity contribution < 1.29 is 22.7 Å². The fraction of sp³-hybridized carbons (Fsp3) is 0.889. The number of guanidine groups is 1. The van der Waals surface area contributed by atoms with Crippen molar-refractivity contribution in [2.24, 2.45) is 4.99 Å². The quantitative estimate of drug-likeness (QED) is 0.326. The van der Waals surface area contributed by atoms with Gasteiger partial charge in [-0.3, -0.25) is 14.7 Å². The highest BCUT2D eigenvalue weighted by molar-refractivity contribution is 5.80. The van der Waals surface area contributed by atoms with Crippen molar-refractivity contribution in [3.05, 3.63) is 0 Å². The van der Waals surface area contributed by atoms with Gasteiger partial charge in [0.1, 0.15) is 12.1 Å². The molecule has 1 aliphatic heterocycles. The molecular formula is C18H31F3N4O2. The number of carbonyl (C=O) groups is 1. The largest absolute Gasteiger partial charge is 0.462 e. The summed E-state index contributed by atoms with van der Waals surface area (Å²) in [7, 11) is 1.65. The maximum atomic E-state index is 12.8. The standard InChI is InChI=1S/C18H31F3N4O2/c1-14(18(19,20)21)24-10-12-25(13-11-24)17(22-2)23-9-5-8-16(26)27-15-6-3-4-7-15/h14-15H,3-13H2,1-2H3,(H,22,23). The third-order valence-electron chi connectivity index (χ3n) is 5.29. The Labute approximate surface area is 159 Å². The van der Waals surface area contributed by atoms with E-state index in [-0.39, 0.29) is 12.1 Å². The Bertz CT molecular complexity index is 499. The monoisotopic (exact) mass is 392 g/mol. The summed E-state index contributed by atoms with van der Waals surface area (Å²) in [6.07, 6.45) is 1.08. The molecule has 1 saturated carbocycles. The van der Waals surface area contributed by atoms with Crippen molar-refractivity contribution in [3.8, 4) is 0 Å². The SMILES string of the molecule is CN=C(NCCCC(=O)OC1CCCC1)N1CCN(C(C)C(F)(F)F)CC1. The molecule has 1 saturated heterocycles. The van der Waals surface area contributed by atoms with E-state index in [1.165, 1.54) is 11.8 Å². The number of alkyl halides is 3. The van der Waals surface area contributed by atoms with Crippen LogP contribution in [0.3, 0.4) is 0 Å². The number of esters is 1. The van der Waals surface area contributed by atoms with Crippen LogP contribution in [-0.2, 0) is 9.53 Å². The molecule has 1 unspecified atom stereocenters. The Morgan fingerprint density at radius 3 is 2.41 bits per heavy atom. The predicted octanol–water partition coefficient (Wildman–Crippen LogP) is 2.40. The molecule has 0 aromatic heterocycles. The number of carbonyl (C=O) groups excluding carboxylic acids is 1. The van der Waals surface area contributed by atoms with Crippen molar-refractivity contribution in [2.75, 3.05) is 39.8 Å². The second kappa shape index (κ2) is 10.1. The molecule has 27 heavy (non-hydrogen) atoms. The molecule has 1 heterocycles. The normalized spacial score (nSPS) is 21.4. The van der Waals surface area contributed by atoms with E-state index >= 15 is 0 Å². The molecule has 1 aliphatic carbocycles. The highest BCUT2D eigenvalue weighted by Gasteiger charge is 2.41. The molecule has 156 valence electrons. The third kappa shape index (κ3) is 6.86.